The Hall–Kier alpha value is -3.30. The second-order valence-corrected chi connectivity index (χ2v) is 9.23. The Labute approximate surface area is 206 Å². The minimum absolute atomic E-state index is 0.0270. The minimum atomic E-state index is -0.802. The zero-order valence-electron chi connectivity index (χ0n) is 20.8. The summed E-state index contributed by atoms with van der Waals surface area (Å²) < 4.78 is 23.1. The predicted octanol–water partition coefficient (Wildman–Crippen LogP) is 4.54. The number of carbonyl (C=O) groups is 2. The number of carbonyl (C=O) groups excluding carboxylic acids is 2. The molecule has 35 heavy (non-hydrogen) atoms. The maximum atomic E-state index is 12.4. The number of benzene rings is 2. The predicted molar refractivity (Wildman–Crippen MR) is 133 cm³/mol. The third-order valence-corrected chi connectivity index (χ3v) is 6.11. The van der Waals surface area contributed by atoms with Gasteiger partial charge in [-0.1, -0.05) is 36.4 Å². The van der Waals surface area contributed by atoms with Gasteiger partial charge in [0.1, 0.15) is 12.9 Å². The zero-order chi connectivity index (χ0) is 25.6. The number of rotatable bonds is 9. The third-order valence-electron chi connectivity index (χ3n) is 6.11. The molecule has 0 atom stereocenters. The lowest BCUT2D eigenvalue weighted by atomic mass is 9.76. The van der Waals surface area contributed by atoms with E-state index >= 15 is 0 Å². The standard InChI is InChI=1S/C26H32BNO7/c1-6-32-22-13-19(16-29)12-20(23(22)30)14-21(27-34-25(2,3)26(4,5)35-27)15-28-24(31)33-17-18-10-8-7-9-11-18/h7-14,16,30H,6,15,17H2,1-5H3,(H,28,31). The van der Waals surface area contributed by atoms with E-state index in [0.29, 0.717) is 29.5 Å². The molecule has 0 aromatic heterocycles. The molecule has 2 N–H and O–H groups in total. The lowest BCUT2D eigenvalue weighted by molar-refractivity contribution is 0.00578. The molecule has 2 aromatic rings. The van der Waals surface area contributed by atoms with Crippen LogP contribution in [0.5, 0.6) is 11.5 Å². The van der Waals surface area contributed by atoms with Crippen LogP contribution < -0.4 is 10.1 Å². The molecule has 0 aliphatic carbocycles. The summed E-state index contributed by atoms with van der Waals surface area (Å²) in [5.74, 6) is 0.0602. The summed E-state index contributed by atoms with van der Waals surface area (Å²) in [5.41, 5.74) is 0.828. The number of nitrogens with one attached hydrogen (secondary N) is 1. The molecule has 0 bridgehead atoms. The number of hydrogen-bond acceptors (Lipinski definition) is 7. The van der Waals surface area contributed by atoms with Crippen LogP contribution in [0, 0.1) is 0 Å². The van der Waals surface area contributed by atoms with Crippen LogP contribution in [0.1, 0.15) is 56.1 Å². The van der Waals surface area contributed by atoms with E-state index in [1.54, 1.807) is 13.0 Å². The second kappa shape index (κ2) is 11.0. The number of aldehydes is 1. The first-order valence-corrected chi connectivity index (χ1v) is 11.5. The smallest absolute Gasteiger partial charge is 0.492 e. The van der Waals surface area contributed by atoms with Crippen molar-refractivity contribution in [3.05, 3.63) is 64.6 Å². The van der Waals surface area contributed by atoms with Crippen molar-refractivity contribution in [2.24, 2.45) is 0 Å². The van der Waals surface area contributed by atoms with Crippen LogP contribution in [-0.4, -0.2) is 49.0 Å². The van der Waals surface area contributed by atoms with Gasteiger partial charge in [0.2, 0.25) is 0 Å². The van der Waals surface area contributed by atoms with E-state index in [9.17, 15) is 14.7 Å². The fourth-order valence-electron chi connectivity index (χ4n) is 3.44. The summed E-state index contributed by atoms with van der Waals surface area (Å²) in [7, 11) is -0.802. The van der Waals surface area contributed by atoms with E-state index in [2.05, 4.69) is 5.32 Å². The summed E-state index contributed by atoms with van der Waals surface area (Å²) in [6, 6.07) is 12.3. The molecule has 1 heterocycles. The monoisotopic (exact) mass is 481 g/mol. The highest BCUT2D eigenvalue weighted by Gasteiger charge is 2.52. The van der Waals surface area contributed by atoms with E-state index in [1.807, 2.05) is 58.0 Å². The number of hydrogen-bond donors (Lipinski definition) is 2. The molecule has 0 saturated carbocycles. The first-order valence-electron chi connectivity index (χ1n) is 11.5. The summed E-state index contributed by atoms with van der Waals surface area (Å²) in [6.07, 6.45) is 1.69. The average Bonchev–Trinajstić information content (AvgIpc) is 3.04. The highest BCUT2D eigenvalue weighted by Crippen LogP contribution is 2.40. The first-order chi connectivity index (χ1) is 16.6. The summed E-state index contributed by atoms with van der Waals surface area (Å²) in [5, 5.41) is 13.5. The molecule has 1 aliphatic heterocycles. The molecule has 2 aromatic carbocycles. The van der Waals surface area contributed by atoms with E-state index in [4.69, 9.17) is 18.8 Å². The van der Waals surface area contributed by atoms with Crippen LogP contribution in [0.3, 0.4) is 0 Å². The van der Waals surface area contributed by atoms with Gasteiger partial charge in [-0.15, -0.1) is 0 Å². The molecule has 1 amide bonds. The Morgan fingerprint density at radius 1 is 1.11 bits per heavy atom. The van der Waals surface area contributed by atoms with Gasteiger partial charge in [0, 0.05) is 17.7 Å². The van der Waals surface area contributed by atoms with Gasteiger partial charge in [-0.3, -0.25) is 4.79 Å². The van der Waals surface area contributed by atoms with Gasteiger partial charge in [-0.05, 0) is 57.8 Å². The van der Waals surface area contributed by atoms with Crippen molar-refractivity contribution in [1.82, 2.24) is 5.32 Å². The molecule has 186 valence electrons. The Morgan fingerprint density at radius 2 is 1.77 bits per heavy atom. The van der Waals surface area contributed by atoms with Crippen molar-refractivity contribution in [2.45, 2.75) is 52.4 Å². The van der Waals surface area contributed by atoms with Gasteiger partial charge in [0.15, 0.2) is 11.5 Å². The van der Waals surface area contributed by atoms with Crippen LogP contribution in [0.15, 0.2) is 47.9 Å². The SMILES string of the molecule is CCOc1cc(C=O)cc(C=C(CNC(=O)OCc2ccccc2)B2OC(C)(C)C(C)(C)O2)c1O. The number of amides is 1. The molecule has 3 rings (SSSR count). The van der Waals surface area contributed by atoms with Crippen molar-refractivity contribution in [3.63, 3.8) is 0 Å². The van der Waals surface area contributed by atoms with Crippen molar-refractivity contribution < 1.29 is 33.5 Å². The lowest BCUT2D eigenvalue weighted by Crippen LogP contribution is -2.41. The van der Waals surface area contributed by atoms with Gasteiger partial charge < -0.3 is 29.2 Å². The van der Waals surface area contributed by atoms with Crippen molar-refractivity contribution in [2.75, 3.05) is 13.2 Å². The highest BCUT2D eigenvalue weighted by atomic mass is 16.7. The molecule has 1 saturated heterocycles. The highest BCUT2D eigenvalue weighted by molar-refractivity contribution is 6.56. The van der Waals surface area contributed by atoms with Crippen LogP contribution >= 0.6 is 0 Å². The van der Waals surface area contributed by atoms with Gasteiger partial charge in [-0.25, -0.2) is 4.79 Å². The molecule has 1 aliphatic rings. The van der Waals surface area contributed by atoms with E-state index in [0.717, 1.165) is 5.56 Å². The number of ether oxygens (including phenoxy) is 2. The average molecular weight is 481 g/mol. The molecule has 0 spiro atoms. The fourth-order valence-corrected chi connectivity index (χ4v) is 3.44. The Balaban J connectivity index is 1.86. The van der Waals surface area contributed by atoms with Crippen molar-refractivity contribution in [1.29, 1.82) is 0 Å². The summed E-state index contributed by atoms with van der Waals surface area (Å²) in [6.45, 7) is 9.93. The number of phenolic OH excluding ortho intramolecular Hbond substituents is 1. The topological polar surface area (TPSA) is 103 Å². The molecule has 1 fully saturated rings. The number of alkyl carbamates (subject to hydrolysis) is 1. The lowest BCUT2D eigenvalue weighted by Gasteiger charge is -2.32. The molecule has 0 unspecified atom stereocenters. The van der Waals surface area contributed by atoms with Gasteiger partial charge in [0.05, 0.1) is 17.8 Å². The molecule has 9 heteroatoms. The van der Waals surface area contributed by atoms with Crippen LogP contribution in [0.2, 0.25) is 0 Å². The van der Waals surface area contributed by atoms with Gasteiger partial charge in [0.25, 0.3) is 0 Å². The summed E-state index contributed by atoms with van der Waals surface area (Å²) >= 11 is 0. The van der Waals surface area contributed by atoms with Crippen LogP contribution in [0.4, 0.5) is 4.79 Å². The normalized spacial score (nSPS) is 16.6. The largest absolute Gasteiger partial charge is 0.504 e. The Bertz CT molecular complexity index is 1070. The van der Waals surface area contributed by atoms with Crippen LogP contribution in [0.25, 0.3) is 6.08 Å². The quantitative estimate of drug-likeness (QED) is 0.400. The number of phenols is 1. The maximum Gasteiger partial charge on any atom is 0.492 e. The second-order valence-electron chi connectivity index (χ2n) is 9.23. The van der Waals surface area contributed by atoms with Crippen molar-refractivity contribution in [3.8, 4) is 11.5 Å². The van der Waals surface area contributed by atoms with Crippen LogP contribution in [-0.2, 0) is 20.7 Å². The number of aromatic hydroxyl groups is 1. The first kappa shape index (κ1) is 26.3. The van der Waals surface area contributed by atoms with Gasteiger partial charge >= 0.3 is 13.2 Å². The van der Waals surface area contributed by atoms with Crippen molar-refractivity contribution >= 4 is 25.6 Å². The van der Waals surface area contributed by atoms with Gasteiger partial charge in [-0.2, -0.15) is 0 Å². The maximum absolute atomic E-state index is 12.4. The zero-order valence-corrected chi connectivity index (χ0v) is 20.8. The third kappa shape index (κ3) is 6.43. The van der Waals surface area contributed by atoms with E-state index in [1.165, 1.54) is 12.1 Å². The molecule has 8 nitrogen and oxygen atoms in total. The summed E-state index contributed by atoms with van der Waals surface area (Å²) in [4.78, 5) is 23.9. The van der Waals surface area contributed by atoms with E-state index < -0.39 is 24.4 Å². The molecular weight excluding hydrogens is 449 g/mol. The fraction of sp³-hybridized carbons (Fsp3) is 0.385. The molecular formula is C26H32BNO7. The Morgan fingerprint density at radius 3 is 2.37 bits per heavy atom. The van der Waals surface area contributed by atoms with E-state index in [-0.39, 0.29) is 24.7 Å². The molecule has 0 radical (unpaired) electrons. The minimum Gasteiger partial charge on any atom is -0.504 e. The Kier molecular flexibility index (Phi) is 8.24.